The number of halogens is 4. The van der Waals surface area contributed by atoms with Gasteiger partial charge in [-0.1, -0.05) is 147 Å². The van der Waals surface area contributed by atoms with Gasteiger partial charge in [0.15, 0.2) is 0 Å². The first-order chi connectivity index (χ1) is 34.9. The van der Waals surface area contributed by atoms with E-state index in [1.165, 1.54) is 7.11 Å². The number of aliphatic carboxylic acids is 1. The molecule has 10 nitrogen and oxygen atoms in total. The summed E-state index contributed by atoms with van der Waals surface area (Å²) in [5, 5.41) is 23.1. The quantitative estimate of drug-likeness (QED) is 0.0239. The Bertz CT molecular complexity index is 2380. The molecule has 0 aromatic heterocycles. The van der Waals surface area contributed by atoms with Crippen LogP contribution < -0.4 is 21.3 Å². The first-order valence-corrected chi connectivity index (χ1v) is 29.5. The maximum absolute atomic E-state index is 12.8. The van der Waals surface area contributed by atoms with Crippen LogP contribution in [0.25, 0.3) is 0 Å². The van der Waals surface area contributed by atoms with E-state index in [1.54, 1.807) is 66.8 Å². The van der Waals surface area contributed by atoms with Crippen molar-refractivity contribution < 1.29 is 29.0 Å². The summed E-state index contributed by atoms with van der Waals surface area (Å²) >= 11 is 39.8. The van der Waals surface area contributed by atoms with Crippen molar-refractivity contribution in [3.63, 3.8) is 0 Å². The topological polar surface area (TPSA) is 146 Å². The molecule has 2 aromatic rings. The Hall–Kier alpha value is -3.60. The van der Waals surface area contributed by atoms with Gasteiger partial charge in [0, 0.05) is 35.1 Å². The van der Waals surface area contributed by atoms with E-state index in [0.29, 0.717) is 41.2 Å². The van der Waals surface area contributed by atoms with Gasteiger partial charge < -0.3 is 31.1 Å². The highest BCUT2D eigenvalue weighted by atomic mass is 35.5. The Balaban J connectivity index is 0.000000385. The summed E-state index contributed by atoms with van der Waals surface area (Å²) in [6, 6.07) is 8.31. The van der Waals surface area contributed by atoms with Crippen molar-refractivity contribution in [3.8, 4) is 0 Å². The fraction of sp³-hybridized carbons (Fsp3) is 0.455. The fourth-order valence-corrected chi connectivity index (χ4v) is 11.2. The van der Waals surface area contributed by atoms with Crippen LogP contribution in [-0.4, -0.2) is 82.0 Å². The Morgan fingerprint density at radius 1 is 0.685 bits per heavy atom. The van der Waals surface area contributed by atoms with Gasteiger partial charge in [-0.25, -0.2) is 9.59 Å². The van der Waals surface area contributed by atoms with Crippen LogP contribution >= 0.6 is 94.4 Å². The van der Waals surface area contributed by atoms with Gasteiger partial charge in [0.05, 0.1) is 48.3 Å². The molecule has 2 atom stereocenters. The van der Waals surface area contributed by atoms with E-state index in [2.05, 4.69) is 46.9 Å². The lowest BCUT2D eigenvalue weighted by atomic mass is 9.66. The predicted molar refractivity (Wildman–Crippen MR) is 317 cm³/mol. The van der Waals surface area contributed by atoms with E-state index in [0.717, 1.165) is 86.3 Å². The van der Waals surface area contributed by atoms with Crippen LogP contribution in [-0.2, 0) is 14.3 Å². The number of ether oxygens (including phenoxy) is 1. The molecule has 18 heteroatoms. The van der Waals surface area contributed by atoms with E-state index < -0.39 is 24.0 Å². The summed E-state index contributed by atoms with van der Waals surface area (Å²) in [4.78, 5) is 51.6. The average Bonchev–Trinajstić information content (AvgIpc) is 3.33. The molecule has 0 aliphatic heterocycles. The number of benzene rings is 2. The molecule has 5 N–H and O–H groups in total. The minimum Gasteiger partial charge on any atom is -0.480 e. The zero-order chi connectivity index (χ0) is 54.1. The van der Waals surface area contributed by atoms with E-state index in [1.807, 2.05) is 43.4 Å². The molecule has 2 saturated carbocycles. The first kappa shape index (κ1) is 63.7. The Labute approximate surface area is 472 Å². The standard InChI is InChI=1S/C28H36Cl2N2O3S2.C27H34Cl2N2O3S2/c1-5-19(12-13-20(6-2)31-25(33)24-21(29)10-7-11-22(24)30)18-23(26(34)35-3)32-27(36)28(14-8-15-28)16-9-17-37-4;1-4-18(11-12-19(5-2)30-24(32)23-20(28)9-6-10-21(23)29)17-22(25(33)34)31-26(35)27(13-7-14-27)15-8-16-36-3/h5,7,10-13,23H,1,6,8-9,14-18H2,2-4H3,(H,31,33)(H,32,36);4,6,9-12,22H,1,5,7-8,13-17H2,2-3H3,(H,30,32)(H,31,35)(H,33,34)/b19-12+,20-13+;18-11+,19-12+. The van der Waals surface area contributed by atoms with Gasteiger partial charge in [-0.05, 0) is 136 Å². The number of allylic oxidation sites excluding steroid dienone is 8. The number of hydrogen-bond acceptors (Lipinski definition) is 9. The second-order valence-electron chi connectivity index (χ2n) is 17.9. The van der Waals surface area contributed by atoms with Crippen LogP contribution in [0.2, 0.25) is 20.1 Å². The molecular weight excluding hydrogens is 1080 g/mol. The Morgan fingerprint density at radius 3 is 1.36 bits per heavy atom. The van der Waals surface area contributed by atoms with Crippen molar-refractivity contribution in [2.24, 2.45) is 10.8 Å². The van der Waals surface area contributed by atoms with E-state index in [9.17, 15) is 24.3 Å². The molecule has 2 unspecified atom stereocenters. The van der Waals surface area contributed by atoms with Crippen molar-refractivity contribution in [1.29, 1.82) is 0 Å². The number of hydrogen-bond donors (Lipinski definition) is 5. The van der Waals surface area contributed by atoms with Crippen LogP contribution in [0.1, 0.15) is 124 Å². The molecule has 0 bridgehead atoms. The normalized spacial score (nSPS) is 15.9. The molecule has 2 aliphatic rings. The predicted octanol–water partition coefficient (Wildman–Crippen LogP) is 14.5. The van der Waals surface area contributed by atoms with Gasteiger partial charge in [-0.15, -0.1) is 0 Å². The highest BCUT2D eigenvalue weighted by Gasteiger charge is 2.43. The molecule has 2 amide bonds. The van der Waals surface area contributed by atoms with Crippen molar-refractivity contribution in [1.82, 2.24) is 21.3 Å². The summed E-state index contributed by atoms with van der Waals surface area (Å²) < 4.78 is 5.07. The van der Waals surface area contributed by atoms with E-state index in [-0.39, 0.29) is 60.3 Å². The van der Waals surface area contributed by atoms with Gasteiger partial charge >= 0.3 is 11.9 Å². The van der Waals surface area contributed by atoms with Gasteiger partial charge in [0.25, 0.3) is 11.8 Å². The van der Waals surface area contributed by atoms with Crippen molar-refractivity contribution in [3.05, 3.63) is 140 Å². The lowest BCUT2D eigenvalue weighted by Gasteiger charge is -2.43. The zero-order valence-corrected chi connectivity index (χ0v) is 48.7. The Kier molecular flexibility index (Phi) is 28.6. The third kappa shape index (κ3) is 19.5. The number of esters is 1. The van der Waals surface area contributed by atoms with Crippen LogP contribution in [0, 0.1) is 10.8 Å². The number of thiocarbonyl (C=S) groups is 2. The summed E-state index contributed by atoms with van der Waals surface area (Å²) in [5.74, 6) is 0.0277. The highest BCUT2D eigenvalue weighted by Crippen LogP contribution is 2.47. The molecule has 2 aliphatic carbocycles. The molecular formula is C55H70Cl4N4O6S4. The maximum Gasteiger partial charge on any atom is 0.328 e. The number of methoxy groups -OCH3 is 1. The second kappa shape index (κ2) is 32.8. The van der Waals surface area contributed by atoms with Crippen LogP contribution in [0.5, 0.6) is 0 Å². The fourth-order valence-electron chi connectivity index (χ4n) is 8.32. The second-order valence-corrected chi connectivity index (χ2v) is 22.3. The van der Waals surface area contributed by atoms with Gasteiger partial charge in [0.1, 0.15) is 12.1 Å². The minimum absolute atomic E-state index is 0.0328. The molecule has 4 rings (SSSR count). The number of nitrogens with one attached hydrogen (secondary N) is 4. The number of amides is 2. The summed E-state index contributed by atoms with van der Waals surface area (Å²) in [7, 11) is 1.37. The van der Waals surface area contributed by atoms with E-state index in [4.69, 9.17) is 75.6 Å². The summed E-state index contributed by atoms with van der Waals surface area (Å²) in [5.41, 5.74) is 3.12. The first-order valence-electron chi connectivity index (χ1n) is 24.3. The number of carbonyl (C=O) groups excluding carboxylic acids is 3. The molecule has 0 spiro atoms. The summed E-state index contributed by atoms with van der Waals surface area (Å²) in [6.45, 7) is 11.6. The van der Waals surface area contributed by atoms with Gasteiger partial charge in [0.2, 0.25) is 0 Å². The SMILES string of the molecule is C=C/C(=C\C=C(/CC)NC(=O)c1c(Cl)cccc1Cl)CC(NC(=S)C1(CCCSC)CCC1)C(=O)O.C=C/C(=C\C=C(/CC)NC(=O)c1c(Cl)cccc1Cl)CC(NC(=S)C1(CCCSC)CCC1)C(=O)OC. The molecule has 2 aromatic carbocycles. The van der Waals surface area contributed by atoms with E-state index >= 15 is 0 Å². The zero-order valence-electron chi connectivity index (χ0n) is 42.4. The van der Waals surface area contributed by atoms with Crippen molar-refractivity contribution in [2.45, 2.75) is 116 Å². The number of carboxylic acid groups (broad SMARTS) is 1. The van der Waals surface area contributed by atoms with Crippen molar-refractivity contribution >= 4 is 128 Å². The molecule has 73 heavy (non-hydrogen) atoms. The van der Waals surface area contributed by atoms with Gasteiger partial charge in [-0.2, -0.15) is 23.5 Å². The molecule has 0 radical (unpaired) electrons. The monoisotopic (exact) mass is 1150 g/mol. The third-order valence-corrected chi connectivity index (χ3v) is 16.8. The van der Waals surface area contributed by atoms with Gasteiger partial charge in [-0.3, -0.25) is 9.59 Å². The average molecular weight is 1150 g/mol. The largest absolute Gasteiger partial charge is 0.480 e. The number of thioether (sulfide) groups is 2. The number of rotatable bonds is 28. The third-order valence-electron chi connectivity index (χ3n) is 13.1. The molecule has 0 heterocycles. The van der Waals surface area contributed by atoms with Crippen molar-refractivity contribution in [2.75, 3.05) is 31.1 Å². The number of carbonyl (C=O) groups is 4. The molecule has 398 valence electrons. The number of carboxylic acids is 1. The lowest BCUT2D eigenvalue weighted by molar-refractivity contribution is -0.142. The highest BCUT2D eigenvalue weighted by molar-refractivity contribution is 7.98. The smallest absolute Gasteiger partial charge is 0.328 e. The van der Waals surface area contributed by atoms with Crippen LogP contribution in [0.3, 0.4) is 0 Å². The molecule has 0 saturated heterocycles. The Morgan fingerprint density at radius 2 is 1.05 bits per heavy atom. The minimum atomic E-state index is -0.968. The van der Waals surface area contributed by atoms with Crippen LogP contribution in [0.15, 0.2) is 109 Å². The lowest BCUT2D eigenvalue weighted by Crippen LogP contribution is -2.50. The molecule has 2 fully saturated rings. The van der Waals surface area contributed by atoms with Crippen LogP contribution in [0.4, 0.5) is 0 Å². The maximum atomic E-state index is 12.8. The summed E-state index contributed by atoms with van der Waals surface area (Å²) in [6.07, 6.45) is 26.8.